The van der Waals surface area contributed by atoms with Gasteiger partial charge in [-0.05, 0) is 48.1 Å². The zero-order valence-electron chi connectivity index (χ0n) is 23.9. The zero-order valence-corrected chi connectivity index (χ0v) is 23.9. The van der Waals surface area contributed by atoms with Crippen molar-refractivity contribution >= 4 is 23.1 Å². The molecule has 0 spiro atoms. The number of aromatic hydroxyl groups is 1. The lowest BCUT2D eigenvalue weighted by Gasteiger charge is -2.37. The molecule has 0 saturated carbocycles. The number of phenols is 1. The Morgan fingerprint density at radius 3 is 2.81 bits per heavy atom. The van der Waals surface area contributed by atoms with E-state index in [1.807, 2.05) is 19.9 Å². The fraction of sp³-hybridized carbons (Fsp3) is 0.303. The number of carbonyl (C=O) groups is 2. The normalized spacial score (nSPS) is 18.1. The minimum absolute atomic E-state index is 0.0295. The lowest BCUT2D eigenvalue weighted by molar-refractivity contribution is -0.118. The van der Waals surface area contributed by atoms with E-state index >= 15 is 4.39 Å². The number of hydrogen-bond donors (Lipinski definition) is 2. The third-order valence-electron chi connectivity index (χ3n) is 7.51. The number of ketones is 1. The van der Waals surface area contributed by atoms with E-state index in [0.717, 1.165) is 24.8 Å². The molecule has 0 radical (unpaired) electrons. The first-order valence-corrected chi connectivity index (χ1v) is 13.9. The molecule has 1 amide bonds. The number of Topliss-reactive ketones (excluding diaryl/α,β-unsaturated/α-hetero) is 1. The molecule has 1 aliphatic heterocycles. The number of para-hydroxylation sites is 1. The number of nitrogens with zero attached hydrogens (tertiary/aromatic N) is 2. The number of oxazole rings is 1. The van der Waals surface area contributed by atoms with E-state index in [2.05, 4.69) is 23.8 Å². The van der Waals surface area contributed by atoms with Crippen LogP contribution in [0, 0.1) is 11.2 Å². The molecule has 2 heterocycles. The molecule has 8 nitrogen and oxygen atoms in total. The lowest BCUT2D eigenvalue weighted by Crippen LogP contribution is -2.40. The van der Waals surface area contributed by atoms with Gasteiger partial charge in [0.25, 0.3) is 5.91 Å². The number of ether oxygens (including phenoxy) is 1. The van der Waals surface area contributed by atoms with Crippen LogP contribution in [0.1, 0.15) is 68.5 Å². The first-order valence-electron chi connectivity index (χ1n) is 13.9. The number of unbranched alkanes of at least 4 members (excludes halogenated alkanes) is 1. The van der Waals surface area contributed by atoms with E-state index in [1.54, 1.807) is 24.3 Å². The van der Waals surface area contributed by atoms with Crippen LogP contribution in [0.2, 0.25) is 0 Å². The zero-order chi connectivity index (χ0) is 30.0. The van der Waals surface area contributed by atoms with Crippen molar-refractivity contribution in [3.63, 3.8) is 0 Å². The maximum Gasteiger partial charge on any atom is 0.281 e. The number of allylic oxidation sites excluding steroid dienone is 2. The lowest BCUT2D eigenvalue weighted by atomic mass is 9.73. The van der Waals surface area contributed by atoms with Crippen molar-refractivity contribution in [2.75, 3.05) is 16.8 Å². The molecule has 9 heteroatoms. The van der Waals surface area contributed by atoms with E-state index in [1.165, 1.54) is 29.4 Å². The van der Waals surface area contributed by atoms with Crippen molar-refractivity contribution in [1.29, 1.82) is 0 Å². The van der Waals surface area contributed by atoms with Gasteiger partial charge in [0.15, 0.2) is 17.9 Å². The highest BCUT2D eigenvalue weighted by Crippen LogP contribution is 2.51. The predicted octanol–water partition coefficient (Wildman–Crippen LogP) is 7.27. The number of hydrogen-bond acceptors (Lipinski definition) is 7. The molecule has 2 N–H and O–H groups in total. The first-order chi connectivity index (χ1) is 20.1. The summed E-state index contributed by atoms with van der Waals surface area (Å²) in [5, 5.41) is 14.1. The molecule has 1 aromatic heterocycles. The molecule has 5 rings (SSSR count). The van der Waals surface area contributed by atoms with Gasteiger partial charge in [-0.15, -0.1) is 0 Å². The summed E-state index contributed by atoms with van der Waals surface area (Å²) >= 11 is 0. The Hall–Kier alpha value is -4.66. The summed E-state index contributed by atoms with van der Waals surface area (Å²) in [6.07, 6.45) is 8.57. The minimum Gasteiger partial charge on any atom is -0.506 e. The average Bonchev–Trinajstić information content (AvgIpc) is 3.44. The van der Waals surface area contributed by atoms with Crippen LogP contribution in [0.5, 0.6) is 11.5 Å². The molecule has 0 saturated heterocycles. The Balaban J connectivity index is 1.67. The second kappa shape index (κ2) is 11.7. The van der Waals surface area contributed by atoms with Crippen molar-refractivity contribution in [2.45, 2.75) is 52.5 Å². The Morgan fingerprint density at radius 2 is 2.12 bits per heavy atom. The Labute approximate surface area is 244 Å². The maximum atomic E-state index is 16.2. The number of fused-ring (bicyclic) bond motifs is 1. The number of aromatic nitrogens is 1. The summed E-state index contributed by atoms with van der Waals surface area (Å²) in [7, 11) is 0. The molecule has 0 fully saturated rings. The molecular formula is C33H34FN3O5. The van der Waals surface area contributed by atoms with E-state index in [9.17, 15) is 14.7 Å². The van der Waals surface area contributed by atoms with E-state index in [0.29, 0.717) is 17.9 Å². The first kappa shape index (κ1) is 28.9. The van der Waals surface area contributed by atoms with Gasteiger partial charge in [-0.1, -0.05) is 52.0 Å². The van der Waals surface area contributed by atoms with Gasteiger partial charge < -0.3 is 19.6 Å². The molecule has 1 atom stereocenters. The number of halogens is 1. The highest BCUT2D eigenvalue weighted by atomic mass is 19.1. The number of benzene rings is 2. The van der Waals surface area contributed by atoms with E-state index in [4.69, 9.17) is 9.15 Å². The third kappa shape index (κ3) is 5.59. The van der Waals surface area contributed by atoms with Crippen molar-refractivity contribution in [1.82, 2.24) is 4.98 Å². The molecule has 2 aromatic carbocycles. The van der Waals surface area contributed by atoms with Crippen LogP contribution >= 0.6 is 0 Å². The number of amides is 1. The van der Waals surface area contributed by atoms with Gasteiger partial charge in [0.05, 0.1) is 11.7 Å². The summed E-state index contributed by atoms with van der Waals surface area (Å²) in [6, 6.07) is 7.96. The smallest absolute Gasteiger partial charge is 0.281 e. The van der Waals surface area contributed by atoms with Gasteiger partial charge >= 0.3 is 0 Å². The fourth-order valence-corrected chi connectivity index (χ4v) is 5.52. The highest BCUT2D eigenvalue weighted by molar-refractivity contribution is 6.11. The maximum absolute atomic E-state index is 16.2. The molecule has 1 aliphatic carbocycles. The van der Waals surface area contributed by atoms with Gasteiger partial charge in [-0.2, -0.15) is 0 Å². The molecule has 0 bridgehead atoms. The van der Waals surface area contributed by atoms with Gasteiger partial charge in [-0.25, -0.2) is 9.37 Å². The molecule has 218 valence electrons. The summed E-state index contributed by atoms with van der Waals surface area (Å²) in [5.74, 6) is -1.32. The van der Waals surface area contributed by atoms with Crippen LogP contribution < -0.4 is 15.0 Å². The van der Waals surface area contributed by atoms with Crippen molar-refractivity contribution in [3.8, 4) is 11.5 Å². The van der Waals surface area contributed by atoms with Crippen molar-refractivity contribution < 1.29 is 28.2 Å². The van der Waals surface area contributed by atoms with Gasteiger partial charge in [0, 0.05) is 29.3 Å². The van der Waals surface area contributed by atoms with Crippen LogP contribution in [-0.2, 0) is 4.79 Å². The molecule has 2 aliphatic rings. The highest BCUT2D eigenvalue weighted by Gasteiger charge is 2.45. The molecule has 3 aromatic rings. The van der Waals surface area contributed by atoms with Gasteiger partial charge in [0.2, 0.25) is 0 Å². The van der Waals surface area contributed by atoms with E-state index < -0.39 is 23.2 Å². The van der Waals surface area contributed by atoms with Crippen LogP contribution in [0.25, 0.3) is 0 Å². The number of carbonyl (C=O) groups excluding carboxylic acids is 2. The Bertz CT molecular complexity index is 1590. The fourth-order valence-electron chi connectivity index (χ4n) is 5.52. The van der Waals surface area contributed by atoms with Crippen LogP contribution in [0.4, 0.5) is 15.8 Å². The van der Waals surface area contributed by atoms with Crippen LogP contribution in [-0.4, -0.2) is 28.4 Å². The summed E-state index contributed by atoms with van der Waals surface area (Å²) < 4.78 is 27.1. The largest absolute Gasteiger partial charge is 0.506 e. The second-order valence-corrected chi connectivity index (χ2v) is 11.3. The third-order valence-corrected chi connectivity index (χ3v) is 7.51. The minimum atomic E-state index is -1.16. The summed E-state index contributed by atoms with van der Waals surface area (Å²) in [4.78, 5) is 33.2. The number of anilines is 2. The number of rotatable bonds is 8. The topological polar surface area (TPSA) is 105 Å². The summed E-state index contributed by atoms with van der Waals surface area (Å²) in [5.41, 5.74) is 1.86. The van der Waals surface area contributed by atoms with Crippen LogP contribution in [0.15, 0.2) is 89.0 Å². The Kier molecular flexibility index (Phi) is 8.02. The van der Waals surface area contributed by atoms with E-state index in [-0.39, 0.29) is 52.8 Å². The number of nitrogens with one attached hydrogen (secondary N) is 1. The van der Waals surface area contributed by atoms with Crippen molar-refractivity contribution in [2.24, 2.45) is 5.41 Å². The molecule has 42 heavy (non-hydrogen) atoms. The predicted molar refractivity (Wildman–Crippen MR) is 158 cm³/mol. The summed E-state index contributed by atoms with van der Waals surface area (Å²) in [6.45, 7) is 10.1. The monoisotopic (exact) mass is 571 g/mol. The quantitative estimate of drug-likeness (QED) is 0.216. The average molecular weight is 572 g/mol. The molecular weight excluding hydrogens is 537 g/mol. The Morgan fingerprint density at radius 1 is 1.31 bits per heavy atom. The van der Waals surface area contributed by atoms with Crippen LogP contribution in [0.3, 0.4) is 0 Å². The van der Waals surface area contributed by atoms with Crippen molar-refractivity contribution in [3.05, 3.63) is 102 Å². The van der Waals surface area contributed by atoms with Gasteiger partial charge in [-0.3, -0.25) is 14.5 Å². The molecule has 1 unspecified atom stereocenters. The number of phenolic OH excluding ortho intramolecular Hbond substituents is 1. The second-order valence-electron chi connectivity index (χ2n) is 11.3. The SMILES string of the molecule is C=C/C(=C\CCC)COc1ccc(C2C3=C(CC(C)(C)CC3=O)Nc3c(O)cccc3N2C(=O)c2cocn2)c(F)c1. The standard InChI is InChI=1S/C33H34FN3O5/c1-5-7-9-20(6-2)17-42-21-12-13-22(23(34)14-21)31-29-24(15-33(3,4)16-28(29)39)36-30-26(10-8-11-27(30)38)37(31)32(40)25-18-41-19-35-25/h6,8-14,18-19,31,36,38H,2,5,7,15-17H2,1,3-4H3/b20-9+. The van der Waals surface area contributed by atoms with Gasteiger partial charge in [0.1, 0.15) is 35.9 Å².